The SMILES string of the molecule is NC(=O)[CH]Cc1ccsc1. The molecular weight excluding hydrogens is 146 g/mol. The molecule has 1 rings (SSSR count). The lowest BCUT2D eigenvalue weighted by Gasteiger charge is -1.90. The van der Waals surface area contributed by atoms with Crippen LogP contribution >= 0.6 is 11.3 Å². The first-order valence-electron chi connectivity index (χ1n) is 2.93. The summed E-state index contributed by atoms with van der Waals surface area (Å²) < 4.78 is 0. The molecule has 1 aromatic heterocycles. The molecule has 2 N–H and O–H groups in total. The summed E-state index contributed by atoms with van der Waals surface area (Å²) in [5.41, 5.74) is 6.06. The van der Waals surface area contributed by atoms with E-state index in [0.29, 0.717) is 6.42 Å². The maximum Gasteiger partial charge on any atom is 0.221 e. The Kier molecular flexibility index (Phi) is 2.45. The number of carbonyl (C=O) groups is 1. The highest BCUT2D eigenvalue weighted by Gasteiger charge is 1.96. The van der Waals surface area contributed by atoms with Crippen LogP contribution in [0.5, 0.6) is 0 Å². The molecule has 0 spiro atoms. The van der Waals surface area contributed by atoms with Crippen LogP contribution in [0.2, 0.25) is 0 Å². The van der Waals surface area contributed by atoms with Gasteiger partial charge in [-0.15, -0.1) is 0 Å². The second-order valence-electron chi connectivity index (χ2n) is 1.94. The zero-order chi connectivity index (χ0) is 7.40. The number of nitrogens with two attached hydrogens (primary N) is 1. The maximum atomic E-state index is 10.3. The lowest BCUT2D eigenvalue weighted by Crippen LogP contribution is -2.11. The molecule has 0 fully saturated rings. The first kappa shape index (κ1) is 7.28. The molecule has 1 radical (unpaired) electrons. The van der Waals surface area contributed by atoms with E-state index >= 15 is 0 Å². The lowest BCUT2D eigenvalue weighted by atomic mass is 10.2. The van der Waals surface area contributed by atoms with Crippen LogP contribution in [0.1, 0.15) is 5.56 Å². The van der Waals surface area contributed by atoms with E-state index in [2.05, 4.69) is 0 Å². The fraction of sp³-hybridized carbons (Fsp3) is 0.143. The van der Waals surface area contributed by atoms with Gasteiger partial charge in [0.25, 0.3) is 0 Å². The van der Waals surface area contributed by atoms with Crippen LogP contribution in [0.15, 0.2) is 16.8 Å². The van der Waals surface area contributed by atoms with Crippen molar-refractivity contribution in [1.82, 2.24) is 0 Å². The average Bonchev–Trinajstić information content (AvgIpc) is 2.34. The predicted octanol–water partition coefficient (Wildman–Crippen LogP) is 0.980. The Morgan fingerprint density at radius 2 is 2.60 bits per heavy atom. The summed E-state index contributed by atoms with van der Waals surface area (Å²) >= 11 is 1.62. The van der Waals surface area contributed by atoms with Gasteiger partial charge < -0.3 is 5.73 Å². The maximum absolute atomic E-state index is 10.3. The van der Waals surface area contributed by atoms with E-state index in [4.69, 9.17) is 5.73 Å². The van der Waals surface area contributed by atoms with Crippen molar-refractivity contribution in [2.24, 2.45) is 5.73 Å². The van der Waals surface area contributed by atoms with Crippen LogP contribution in [-0.2, 0) is 11.2 Å². The molecule has 0 atom stereocenters. The van der Waals surface area contributed by atoms with E-state index in [-0.39, 0.29) is 5.91 Å². The van der Waals surface area contributed by atoms with Crippen molar-refractivity contribution in [2.75, 3.05) is 0 Å². The summed E-state index contributed by atoms with van der Waals surface area (Å²) in [4.78, 5) is 10.3. The quantitative estimate of drug-likeness (QED) is 0.693. The number of hydrogen-bond acceptors (Lipinski definition) is 2. The molecule has 1 aromatic rings. The summed E-state index contributed by atoms with van der Waals surface area (Å²) in [5, 5.41) is 3.98. The Morgan fingerprint density at radius 3 is 3.10 bits per heavy atom. The minimum Gasteiger partial charge on any atom is -0.369 e. The first-order chi connectivity index (χ1) is 4.79. The van der Waals surface area contributed by atoms with Gasteiger partial charge in [0.05, 0.1) is 6.42 Å². The van der Waals surface area contributed by atoms with Crippen LogP contribution in [0.3, 0.4) is 0 Å². The molecule has 3 heteroatoms. The molecule has 1 amide bonds. The fourth-order valence-corrected chi connectivity index (χ4v) is 1.31. The highest BCUT2D eigenvalue weighted by atomic mass is 32.1. The molecule has 0 bridgehead atoms. The molecule has 0 unspecified atom stereocenters. The van der Waals surface area contributed by atoms with Crippen LogP contribution in [0.25, 0.3) is 0 Å². The van der Waals surface area contributed by atoms with Gasteiger partial charge in [-0.2, -0.15) is 11.3 Å². The third-order valence-electron chi connectivity index (χ3n) is 1.12. The second kappa shape index (κ2) is 3.37. The fourth-order valence-electron chi connectivity index (χ4n) is 0.627. The minimum atomic E-state index is -0.355. The smallest absolute Gasteiger partial charge is 0.221 e. The molecule has 1 heterocycles. The Morgan fingerprint density at radius 1 is 1.80 bits per heavy atom. The Balaban J connectivity index is 2.35. The Bertz CT molecular complexity index is 205. The monoisotopic (exact) mass is 154 g/mol. The summed E-state index contributed by atoms with van der Waals surface area (Å²) in [5.74, 6) is -0.355. The summed E-state index contributed by atoms with van der Waals surface area (Å²) in [7, 11) is 0. The summed E-state index contributed by atoms with van der Waals surface area (Å²) in [6.07, 6.45) is 2.13. The number of hydrogen-bond donors (Lipinski definition) is 1. The van der Waals surface area contributed by atoms with Gasteiger partial charge >= 0.3 is 0 Å². The van der Waals surface area contributed by atoms with Crippen molar-refractivity contribution in [1.29, 1.82) is 0 Å². The van der Waals surface area contributed by atoms with Gasteiger partial charge in [0, 0.05) is 0 Å². The third kappa shape index (κ3) is 2.19. The van der Waals surface area contributed by atoms with Crippen molar-refractivity contribution < 1.29 is 4.79 Å². The molecule has 10 heavy (non-hydrogen) atoms. The number of carbonyl (C=O) groups excluding carboxylic acids is 1. The summed E-state index contributed by atoms with van der Waals surface area (Å²) in [6.45, 7) is 0. The Hall–Kier alpha value is -0.830. The third-order valence-corrected chi connectivity index (χ3v) is 1.85. The first-order valence-corrected chi connectivity index (χ1v) is 3.87. The Labute approximate surface area is 63.7 Å². The van der Waals surface area contributed by atoms with E-state index in [9.17, 15) is 4.79 Å². The van der Waals surface area contributed by atoms with Crippen LogP contribution in [0.4, 0.5) is 0 Å². The zero-order valence-electron chi connectivity index (χ0n) is 5.41. The van der Waals surface area contributed by atoms with E-state index in [1.807, 2.05) is 16.8 Å². The van der Waals surface area contributed by atoms with E-state index < -0.39 is 0 Å². The number of primary amides is 1. The van der Waals surface area contributed by atoms with Crippen LogP contribution < -0.4 is 5.73 Å². The molecular formula is C7H8NOS. The van der Waals surface area contributed by atoms with Gasteiger partial charge in [-0.3, -0.25) is 4.79 Å². The molecule has 0 saturated carbocycles. The molecule has 0 aliphatic rings. The van der Waals surface area contributed by atoms with Crippen molar-refractivity contribution >= 4 is 17.2 Å². The van der Waals surface area contributed by atoms with E-state index in [0.717, 1.165) is 5.56 Å². The van der Waals surface area contributed by atoms with Crippen LogP contribution in [0, 0.1) is 6.42 Å². The molecule has 0 aliphatic carbocycles. The molecule has 0 saturated heterocycles. The zero-order valence-corrected chi connectivity index (χ0v) is 6.23. The number of rotatable bonds is 3. The summed E-state index contributed by atoms with van der Waals surface area (Å²) in [6, 6.07) is 1.98. The van der Waals surface area contributed by atoms with Gasteiger partial charge in [0.2, 0.25) is 5.91 Å². The largest absolute Gasteiger partial charge is 0.369 e. The number of amides is 1. The predicted molar refractivity (Wildman–Crippen MR) is 41.5 cm³/mol. The van der Waals surface area contributed by atoms with Gasteiger partial charge in [-0.1, -0.05) is 0 Å². The lowest BCUT2D eigenvalue weighted by molar-refractivity contribution is -0.115. The highest BCUT2D eigenvalue weighted by Crippen LogP contribution is 2.07. The van der Waals surface area contributed by atoms with Crippen molar-refractivity contribution in [3.63, 3.8) is 0 Å². The molecule has 0 aromatic carbocycles. The average molecular weight is 154 g/mol. The molecule has 0 aliphatic heterocycles. The van der Waals surface area contributed by atoms with E-state index in [1.54, 1.807) is 11.3 Å². The second-order valence-corrected chi connectivity index (χ2v) is 2.72. The van der Waals surface area contributed by atoms with Gasteiger partial charge in [-0.05, 0) is 28.8 Å². The number of thiophene rings is 1. The van der Waals surface area contributed by atoms with Crippen molar-refractivity contribution in [3.05, 3.63) is 28.8 Å². The topological polar surface area (TPSA) is 43.1 Å². The highest BCUT2D eigenvalue weighted by molar-refractivity contribution is 7.07. The standard InChI is InChI=1S/C7H8NOS/c8-7(9)2-1-6-3-4-10-5-6/h2-5H,1H2,(H2,8,9). The van der Waals surface area contributed by atoms with Crippen LogP contribution in [-0.4, -0.2) is 5.91 Å². The van der Waals surface area contributed by atoms with Crippen molar-refractivity contribution in [3.8, 4) is 0 Å². The minimum absolute atomic E-state index is 0.355. The van der Waals surface area contributed by atoms with Gasteiger partial charge in [-0.25, -0.2) is 0 Å². The van der Waals surface area contributed by atoms with Gasteiger partial charge in [0.1, 0.15) is 0 Å². The normalized spacial score (nSPS) is 9.60. The molecule has 53 valence electrons. The van der Waals surface area contributed by atoms with E-state index in [1.165, 1.54) is 6.42 Å². The van der Waals surface area contributed by atoms with Crippen molar-refractivity contribution in [2.45, 2.75) is 6.42 Å². The molecule has 2 nitrogen and oxygen atoms in total. The van der Waals surface area contributed by atoms with Gasteiger partial charge in [0.15, 0.2) is 0 Å².